The number of nitrogens with one attached hydrogen (secondary N) is 1. The number of hydrogen-bond acceptors (Lipinski definition) is 3. The molecule has 0 aliphatic carbocycles. The molecule has 0 radical (unpaired) electrons. The van der Waals surface area contributed by atoms with E-state index in [0.29, 0.717) is 23.3 Å². The smallest absolute Gasteiger partial charge is 0.261 e. The normalized spacial score (nSPS) is 11.2. The van der Waals surface area contributed by atoms with E-state index in [-0.39, 0.29) is 23.0 Å². The molecule has 0 aliphatic heterocycles. The molecule has 0 unspecified atom stereocenters. The first-order valence-corrected chi connectivity index (χ1v) is 10.9. The van der Waals surface area contributed by atoms with E-state index in [1.807, 2.05) is 50.5 Å². The van der Waals surface area contributed by atoms with Crippen LogP contribution in [0.4, 0.5) is 5.69 Å². The number of pyridine rings is 1. The van der Waals surface area contributed by atoms with E-state index in [0.717, 1.165) is 35.3 Å². The van der Waals surface area contributed by atoms with E-state index in [4.69, 9.17) is 4.74 Å². The highest BCUT2D eigenvalue weighted by Gasteiger charge is 2.22. The van der Waals surface area contributed by atoms with Crippen LogP contribution >= 0.6 is 15.9 Å². The van der Waals surface area contributed by atoms with Gasteiger partial charge in [0, 0.05) is 23.6 Å². The molecule has 29 heavy (non-hydrogen) atoms. The van der Waals surface area contributed by atoms with E-state index in [9.17, 15) is 9.59 Å². The molecule has 1 heterocycles. The van der Waals surface area contributed by atoms with E-state index >= 15 is 0 Å². The first-order chi connectivity index (χ1) is 13.7. The summed E-state index contributed by atoms with van der Waals surface area (Å²) in [7, 11) is 0. The van der Waals surface area contributed by atoms with Crippen molar-refractivity contribution in [2.45, 2.75) is 67.0 Å². The van der Waals surface area contributed by atoms with E-state index in [1.54, 1.807) is 0 Å². The number of hydrogen-bond donors (Lipinski definition) is 1. The fourth-order valence-electron chi connectivity index (χ4n) is 3.51. The molecule has 0 atom stereocenters. The number of carbonyl (C=O) groups excluding carboxylic acids is 1. The Hall–Kier alpha value is -1.92. The van der Waals surface area contributed by atoms with Gasteiger partial charge in [0.1, 0.15) is 5.56 Å². The number of ether oxygens (including phenoxy) is 1. The molecule has 2 rings (SSSR count). The van der Waals surface area contributed by atoms with Crippen molar-refractivity contribution in [2.75, 3.05) is 11.9 Å². The zero-order valence-electron chi connectivity index (χ0n) is 18.2. The lowest BCUT2D eigenvalue weighted by molar-refractivity contribution is 0.0719. The highest BCUT2D eigenvalue weighted by atomic mass is 79.9. The first kappa shape index (κ1) is 23.4. The van der Waals surface area contributed by atoms with Gasteiger partial charge in [-0.3, -0.25) is 9.59 Å². The maximum atomic E-state index is 13.2. The first-order valence-electron chi connectivity index (χ1n) is 10.2. The predicted octanol–water partition coefficient (Wildman–Crippen LogP) is 5.03. The third kappa shape index (κ3) is 5.17. The zero-order chi connectivity index (χ0) is 21.7. The summed E-state index contributed by atoms with van der Waals surface area (Å²) < 4.78 is 8.05. The lowest BCUT2D eigenvalue weighted by Gasteiger charge is -2.20. The second kappa shape index (κ2) is 10.2. The van der Waals surface area contributed by atoms with Crippen LogP contribution in [-0.2, 0) is 24.1 Å². The summed E-state index contributed by atoms with van der Waals surface area (Å²) in [6.45, 7) is 12.8. The van der Waals surface area contributed by atoms with Crippen molar-refractivity contribution in [1.82, 2.24) is 4.57 Å². The Morgan fingerprint density at radius 3 is 2.24 bits per heavy atom. The third-order valence-corrected chi connectivity index (χ3v) is 6.08. The summed E-state index contributed by atoms with van der Waals surface area (Å²) in [6.07, 6.45) is 1.73. The quantitative estimate of drug-likeness (QED) is 0.598. The van der Waals surface area contributed by atoms with Crippen molar-refractivity contribution in [3.63, 3.8) is 0 Å². The summed E-state index contributed by atoms with van der Waals surface area (Å²) in [5.74, 6) is -0.373. The van der Waals surface area contributed by atoms with Gasteiger partial charge in [-0.15, -0.1) is 0 Å². The number of nitrogens with zero attached hydrogens (tertiary/aromatic N) is 1. The van der Waals surface area contributed by atoms with Gasteiger partial charge in [0.15, 0.2) is 0 Å². The molecule has 6 heteroatoms. The highest BCUT2D eigenvalue weighted by Crippen LogP contribution is 2.24. The van der Waals surface area contributed by atoms with Gasteiger partial charge in [0.2, 0.25) is 5.43 Å². The van der Waals surface area contributed by atoms with Crippen LogP contribution in [0, 0.1) is 13.8 Å². The van der Waals surface area contributed by atoms with Gasteiger partial charge in [-0.1, -0.05) is 32.0 Å². The molecule has 0 spiro atoms. The Morgan fingerprint density at radius 2 is 1.72 bits per heavy atom. The molecule has 0 fully saturated rings. The molecule has 0 saturated carbocycles. The van der Waals surface area contributed by atoms with Crippen molar-refractivity contribution in [1.29, 1.82) is 0 Å². The van der Waals surface area contributed by atoms with Gasteiger partial charge >= 0.3 is 0 Å². The molecule has 5 nitrogen and oxygen atoms in total. The molecule has 1 N–H and O–H groups in total. The number of aromatic nitrogens is 1. The number of aryl methyl sites for hydroxylation is 2. The second-order valence-electron chi connectivity index (χ2n) is 7.37. The minimum Gasteiger partial charge on any atom is -0.377 e. The maximum Gasteiger partial charge on any atom is 0.261 e. The van der Waals surface area contributed by atoms with Gasteiger partial charge in [0.25, 0.3) is 5.91 Å². The van der Waals surface area contributed by atoms with Crippen LogP contribution in [0.25, 0.3) is 0 Å². The minimum atomic E-state index is -0.373. The van der Waals surface area contributed by atoms with Crippen LogP contribution in [0.5, 0.6) is 0 Å². The molecule has 0 saturated heterocycles. The predicted molar refractivity (Wildman–Crippen MR) is 122 cm³/mol. The van der Waals surface area contributed by atoms with Crippen molar-refractivity contribution in [3.8, 4) is 0 Å². The van der Waals surface area contributed by atoms with Crippen molar-refractivity contribution < 1.29 is 9.53 Å². The number of benzene rings is 1. The fourth-order valence-corrected chi connectivity index (χ4v) is 3.92. The zero-order valence-corrected chi connectivity index (χ0v) is 19.8. The monoisotopic (exact) mass is 462 g/mol. The van der Waals surface area contributed by atoms with E-state index < -0.39 is 0 Å². The SMILES string of the molecule is CCc1cccc(CC)c1NC(=O)c1c(C)n(CCOC(C)C)c(C)c(Br)c1=O. The molecular formula is C23H31BrN2O3. The number of amides is 1. The Labute approximate surface area is 181 Å². The van der Waals surface area contributed by atoms with Gasteiger partial charge in [0.05, 0.1) is 17.2 Å². The standard InChI is InChI=1S/C23H31BrN2O3/c1-7-17-10-9-11-18(8-2)21(17)25-23(28)19-15(5)26(12-13-29-14(3)4)16(6)20(24)22(19)27/h9-11,14H,7-8,12-13H2,1-6H3,(H,25,28). The minimum absolute atomic E-state index is 0.124. The van der Waals surface area contributed by atoms with Crippen molar-refractivity contribution in [2.24, 2.45) is 0 Å². The van der Waals surface area contributed by atoms with Crippen LogP contribution < -0.4 is 10.7 Å². The molecule has 1 aromatic carbocycles. The summed E-state index contributed by atoms with van der Waals surface area (Å²) >= 11 is 3.39. The average molecular weight is 463 g/mol. The molecule has 1 aromatic heterocycles. The van der Waals surface area contributed by atoms with Crippen LogP contribution in [0.1, 0.15) is 60.6 Å². The van der Waals surface area contributed by atoms with Crippen molar-refractivity contribution >= 4 is 27.5 Å². The van der Waals surface area contributed by atoms with Gasteiger partial charge < -0.3 is 14.6 Å². The van der Waals surface area contributed by atoms with Crippen LogP contribution in [0.2, 0.25) is 0 Å². The average Bonchev–Trinajstić information content (AvgIpc) is 2.69. The highest BCUT2D eigenvalue weighted by molar-refractivity contribution is 9.10. The van der Waals surface area contributed by atoms with Gasteiger partial charge in [-0.2, -0.15) is 0 Å². The largest absolute Gasteiger partial charge is 0.377 e. The maximum absolute atomic E-state index is 13.2. The van der Waals surface area contributed by atoms with Crippen molar-refractivity contribution in [3.05, 3.63) is 61.0 Å². The van der Waals surface area contributed by atoms with E-state index in [1.165, 1.54) is 0 Å². The van der Waals surface area contributed by atoms with Crippen LogP contribution in [0.3, 0.4) is 0 Å². The van der Waals surface area contributed by atoms with Gasteiger partial charge in [-0.05, 0) is 67.6 Å². The third-order valence-electron chi connectivity index (χ3n) is 5.15. The van der Waals surface area contributed by atoms with E-state index in [2.05, 4.69) is 35.1 Å². The molecule has 1 amide bonds. The Morgan fingerprint density at radius 1 is 1.14 bits per heavy atom. The fraction of sp³-hybridized carbons (Fsp3) is 0.478. The number of para-hydroxylation sites is 1. The Balaban J connectivity index is 2.48. The lowest BCUT2D eigenvalue weighted by Crippen LogP contribution is -2.29. The van der Waals surface area contributed by atoms with Crippen LogP contribution in [0.15, 0.2) is 27.5 Å². The molecule has 0 bridgehead atoms. The Kier molecular flexibility index (Phi) is 8.23. The molecule has 0 aliphatic rings. The summed E-state index contributed by atoms with van der Waals surface area (Å²) in [5, 5.41) is 3.02. The molecule has 158 valence electrons. The van der Waals surface area contributed by atoms with Crippen LogP contribution in [-0.4, -0.2) is 23.2 Å². The summed E-state index contributed by atoms with van der Waals surface area (Å²) in [6, 6.07) is 6.02. The molecular weight excluding hydrogens is 432 g/mol. The lowest BCUT2D eigenvalue weighted by atomic mass is 10.0. The molecule has 2 aromatic rings. The Bertz CT molecular complexity index is 926. The number of anilines is 1. The second-order valence-corrected chi connectivity index (χ2v) is 8.17. The number of carbonyl (C=O) groups is 1. The summed E-state index contributed by atoms with van der Waals surface area (Å²) in [5.41, 5.74) is 4.25. The summed E-state index contributed by atoms with van der Waals surface area (Å²) in [4.78, 5) is 26.1. The number of rotatable bonds is 8. The number of halogens is 1. The van der Waals surface area contributed by atoms with Gasteiger partial charge in [-0.25, -0.2) is 0 Å². The topological polar surface area (TPSA) is 60.3 Å².